The quantitative estimate of drug-likeness (QED) is 0.566. The van der Waals surface area contributed by atoms with Crippen LogP contribution in [-0.2, 0) is 14.3 Å². The van der Waals surface area contributed by atoms with E-state index in [1.54, 1.807) is 47.4 Å². The van der Waals surface area contributed by atoms with E-state index in [0.29, 0.717) is 43.3 Å². The summed E-state index contributed by atoms with van der Waals surface area (Å²) in [5.74, 6) is 0.0804. The Kier molecular flexibility index (Phi) is 7.58. The normalized spacial score (nSPS) is 14.0. The molecule has 30 heavy (non-hydrogen) atoms. The van der Waals surface area contributed by atoms with Crippen LogP contribution in [0.25, 0.3) is 6.08 Å². The third-order valence-electron chi connectivity index (χ3n) is 4.40. The van der Waals surface area contributed by atoms with Crippen molar-refractivity contribution in [2.45, 2.75) is 6.42 Å². The lowest BCUT2D eigenvalue weighted by molar-refractivity contribution is -0.130. The van der Waals surface area contributed by atoms with Crippen molar-refractivity contribution in [2.24, 2.45) is 0 Å². The molecule has 1 aliphatic heterocycles. The minimum Gasteiger partial charge on any atom is -0.493 e. The second-order valence-electron chi connectivity index (χ2n) is 6.57. The van der Waals surface area contributed by atoms with Crippen molar-refractivity contribution in [3.05, 3.63) is 65.7 Å². The number of nitrogens with zero attached hydrogens (tertiary/aromatic N) is 2. The highest BCUT2D eigenvalue weighted by Gasteiger charge is 2.20. The summed E-state index contributed by atoms with van der Waals surface area (Å²) in [4.78, 5) is 26.1. The summed E-state index contributed by atoms with van der Waals surface area (Å²) in [7, 11) is 0. The number of rotatable bonds is 7. The van der Waals surface area contributed by atoms with E-state index in [9.17, 15) is 14.9 Å². The van der Waals surface area contributed by atoms with Crippen molar-refractivity contribution < 1.29 is 19.1 Å². The molecule has 0 spiro atoms. The highest BCUT2D eigenvalue weighted by atomic mass is 16.5. The average molecular weight is 404 g/mol. The first-order valence-electron chi connectivity index (χ1n) is 9.64. The number of ether oxygens (including phenoxy) is 2. The van der Waals surface area contributed by atoms with Crippen LogP contribution in [0.15, 0.2) is 54.1 Å². The minimum absolute atomic E-state index is 0.0625. The molecule has 1 heterocycles. The van der Waals surface area contributed by atoms with Crippen LogP contribution in [0.4, 0.5) is 5.69 Å². The van der Waals surface area contributed by atoms with Crippen LogP contribution in [0.1, 0.15) is 12.0 Å². The van der Waals surface area contributed by atoms with Gasteiger partial charge in [-0.1, -0.05) is 30.3 Å². The average Bonchev–Trinajstić information content (AvgIpc) is 2.78. The second kappa shape index (κ2) is 10.8. The fraction of sp³-hybridized carbons (Fsp3) is 0.261. The summed E-state index contributed by atoms with van der Waals surface area (Å²) in [5, 5.41) is 12.2. The van der Waals surface area contributed by atoms with E-state index in [1.165, 1.54) is 0 Å². The van der Waals surface area contributed by atoms with Crippen LogP contribution in [-0.4, -0.2) is 49.6 Å². The third kappa shape index (κ3) is 6.19. The maximum Gasteiger partial charge on any atom is 0.264 e. The number of morpholine rings is 1. The lowest BCUT2D eigenvalue weighted by Gasteiger charge is -2.26. The second-order valence-corrected chi connectivity index (χ2v) is 6.57. The fourth-order valence-corrected chi connectivity index (χ4v) is 2.88. The van der Waals surface area contributed by atoms with Gasteiger partial charge in [0.15, 0.2) is 0 Å². The van der Waals surface area contributed by atoms with Gasteiger partial charge in [-0.3, -0.25) is 9.59 Å². The number of nitriles is 1. The van der Waals surface area contributed by atoms with Crippen molar-refractivity contribution in [1.29, 1.82) is 5.26 Å². The van der Waals surface area contributed by atoms with Gasteiger partial charge in [-0.15, -0.1) is 0 Å². The summed E-state index contributed by atoms with van der Waals surface area (Å²) < 4.78 is 10.9. The van der Waals surface area contributed by atoms with Crippen LogP contribution in [0.2, 0.25) is 0 Å². The van der Waals surface area contributed by atoms with Gasteiger partial charge >= 0.3 is 0 Å². The molecule has 1 aliphatic rings. The Balaban J connectivity index is 1.55. The SMILES string of the molecule is N#CC(=Cc1cccc(OCCC(=O)Nc2[c]cccc2)c1)C(=O)N1CCOCC1. The van der Waals surface area contributed by atoms with Gasteiger partial charge in [-0.2, -0.15) is 5.26 Å². The van der Waals surface area contributed by atoms with E-state index in [4.69, 9.17) is 9.47 Å². The molecule has 0 bridgehead atoms. The van der Waals surface area contributed by atoms with E-state index in [-0.39, 0.29) is 30.4 Å². The summed E-state index contributed by atoms with van der Waals surface area (Å²) in [5.41, 5.74) is 1.35. The molecule has 1 radical (unpaired) electrons. The molecule has 2 amide bonds. The highest BCUT2D eigenvalue weighted by Crippen LogP contribution is 2.17. The highest BCUT2D eigenvalue weighted by molar-refractivity contribution is 6.01. The molecule has 3 rings (SSSR count). The molecule has 0 unspecified atom stereocenters. The molecule has 7 nitrogen and oxygen atoms in total. The van der Waals surface area contributed by atoms with Gasteiger partial charge in [-0.25, -0.2) is 0 Å². The standard InChI is InChI=1S/C23H22N3O4/c24-17-19(23(28)26-10-13-29-14-11-26)15-18-5-4-8-21(16-18)30-12-9-22(27)25-20-6-2-1-3-7-20/h1-6,8,15-16H,9-14H2,(H,25,27). The number of nitrogens with one attached hydrogen (secondary N) is 1. The Morgan fingerprint density at radius 1 is 1.23 bits per heavy atom. The maximum atomic E-state index is 12.5. The van der Waals surface area contributed by atoms with E-state index >= 15 is 0 Å². The first-order valence-corrected chi connectivity index (χ1v) is 9.64. The van der Waals surface area contributed by atoms with E-state index in [2.05, 4.69) is 11.4 Å². The van der Waals surface area contributed by atoms with Crippen molar-refractivity contribution in [1.82, 2.24) is 4.90 Å². The predicted molar refractivity (Wildman–Crippen MR) is 111 cm³/mol. The molecular formula is C23H22N3O4. The largest absolute Gasteiger partial charge is 0.493 e. The van der Waals surface area contributed by atoms with Crippen molar-refractivity contribution >= 4 is 23.6 Å². The summed E-state index contributed by atoms with van der Waals surface area (Å²) in [6.07, 6.45) is 1.73. The van der Waals surface area contributed by atoms with E-state index < -0.39 is 0 Å². The van der Waals surface area contributed by atoms with Gasteiger partial charge in [0.05, 0.1) is 26.2 Å². The number of carbonyl (C=O) groups is 2. The lowest BCUT2D eigenvalue weighted by atomic mass is 10.1. The van der Waals surface area contributed by atoms with Gasteiger partial charge in [0.2, 0.25) is 5.91 Å². The molecular weight excluding hydrogens is 382 g/mol. The van der Waals surface area contributed by atoms with Gasteiger partial charge < -0.3 is 19.7 Å². The lowest BCUT2D eigenvalue weighted by Crippen LogP contribution is -2.41. The van der Waals surface area contributed by atoms with Gasteiger partial charge in [0, 0.05) is 24.8 Å². The molecule has 0 aromatic heterocycles. The van der Waals surface area contributed by atoms with Crippen LogP contribution in [0.3, 0.4) is 0 Å². The number of para-hydroxylation sites is 1. The Labute approximate surface area is 175 Å². The molecule has 153 valence electrons. The molecule has 7 heteroatoms. The summed E-state index contributed by atoms with van der Waals surface area (Å²) in [6, 6.07) is 19.1. The monoisotopic (exact) mass is 404 g/mol. The van der Waals surface area contributed by atoms with E-state index in [1.807, 2.05) is 18.2 Å². The Morgan fingerprint density at radius 2 is 2.07 bits per heavy atom. The number of amides is 2. The number of hydrogen-bond acceptors (Lipinski definition) is 5. The first-order chi connectivity index (χ1) is 14.7. The Hall–Kier alpha value is -3.63. The zero-order valence-corrected chi connectivity index (χ0v) is 16.5. The summed E-state index contributed by atoms with van der Waals surface area (Å²) >= 11 is 0. The molecule has 0 aliphatic carbocycles. The molecule has 2 aromatic carbocycles. The van der Waals surface area contributed by atoms with Crippen LogP contribution in [0.5, 0.6) is 5.75 Å². The molecule has 0 saturated carbocycles. The number of benzene rings is 2. The zero-order chi connectivity index (χ0) is 21.2. The number of hydrogen-bond donors (Lipinski definition) is 1. The number of carbonyl (C=O) groups excluding carboxylic acids is 2. The minimum atomic E-state index is -0.304. The molecule has 1 N–H and O–H groups in total. The molecule has 1 fully saturated rings. The Bertz CT molecular complexity index is 944. The topological polar surface area (TPSA) is 91.7 Å². The van der Waals surface area contributed by atoms with E-state index in [0.717, 1.165) is 0 Å². The van der Waals surface area contributed by atoms with Crippen molar-refractivity contribution in [2.75, 3.05) is 38.2 Å². The van der Waals surface area contributed by atoms with Crippen LogP contribution < -0.4 is 10.1 Å². The first kappa shape index (κ1) is 21.1. The zero-order valence-electron chi connectivity index (χ0n) is 16.5. The predicted octanol–water partition coefficient (Wildman–Crippen LogP) is 2.66. The maximum absolute atomic E-state index is 12.5. The third-order valence-corrected chi connectivity index (χ3v) is 4.40. The molecule has 1 saturated heterocycles. The summed E-state index contributed by atoms with van der Waals surface area (Å²) in [6.45, 7) is 2.10. The fourth-order valence-electron chi connectivity index (χ4n) is 2.88. The number of anilines is 1. The Morgan fingerprint density at radius 3 is 2.80 bits per heavy atom. The van der Waals surface area contributed by atoms with Crippen LogP contribution >= 0.6 is 0 Å². The molecule has 0 atom stereocenters. The van der Waals surface area contributed by atoms with Gasteiger partial charge in [0.1, 0.15) is 17.4 Å². The van der Waals surface area contributed by atoms with Gasteiger partial charge in [0.25, 0.3) is 5.91 Å². The van der Waals surface area contributed by atoms with Crippen LogP contribution in [0, 0.1) is 17.4 Å². The smallest absolute Gasteiger partial charge is 0.264 e. The van der Waals surface area contributed by atoms with Gasteiger partial charge in [-0.05, 0) is 29.8 Å². The molecule has 2 aromatic rings. The van der Waals surface area contributed by atoms with Crippen molar-refractivity contribution in [3.63, 3.8) is 0 Å². The van der Waals surface area contributed by atoms with Crippen molar-refractivity contribution in [3.8, 4) is 11.8 Å².